The highest BCUT2D eigenvalue weighted by atomic mass is 32.2. The number of nitrogens with zero attached hydrogens (tertiary/aromatic N) is 2. The van der Waals surface area contributed by atoms with Crippen LogP contribution >= 0.6 is 11.8 Å². The van der Waals surface area contributed by atoms with E-state index in [0.717, 1.165) is 4.90 Å². The fraction of sp³-hybridized carbons (Fsp3) is 0.250. The van der Waals surface area contributed by atoms with Gasteiger partial charge in [0.15, 0.2) is 5.76 Å². The van der Waals surface area contributed by atoms with Gasteiger partial charge in [0.2, 0.25) is 11.2 Å². The average Bonchev–Trinajstić information content (AvgIpc) is 3.13. The summed E-state index contributed by atoms with van der Waals surface area (Å²) in [6, 6.07) is 8.80. The number of carbonyl (C=O) groups excluding carboxylic acids is 1. The van der Waals surface area contributed by atoms with Gasteiger partial charge in [-0.1, -0.05) is 0 Å². The third-order valence-electron chi connectivity index (χ3n) is 4.33. The van der Waals surface area contributed by atoms with E-state index in [-0.39, 0.29) is 23.8 Å². The van der Waals surface area contributed by atoms with Crippen molar-refractivity contribution in [2.75, 3.05) is 7.11 Å². The van der Waals surface area contributed by atoms with Crippen LogP contribution in [-0.4, -0.2) is 28.0 Å². The van der Waals surface area contributed by atoms with E-state index in [1.807, 2.05) is 0 Å². The molecule has 9 heteroatoms. The van der Waals surface area contributed by atoms with Gasteiger partial charge in [-0.05, 0) is 30.3 Å². The molecule has 0 aliphatic heterocycles. The number of aromatic hydroxyl groups is 1. The SMILES string of the molecule is COC(=O)CC(c1oc(CSc2ccc(F)cc2)cc(=O)c1O)c1ccnn1C. The molecule has 1 N–H and O–H groups in total. The Morgan fingerprint density at radius 1 is 1.34 bits per heavy atom. The van der Waals surface area contributed by atoms with E-state index >= 15 is 0 Å². The Labute approximate surface area is 170 Å². The van der Waals surface area contributed by atoms with Crippen LogP contribution in [0.2, 0.25) is 0 Å². The monoisotopic (exact) mass is 418 g/mol. The largest absolute Gasteiger partial charge is 0.502 e. The van der Waals surface area contributed by atoms with Gasteiger partial charge >= 0.3 is 5.97 Å². The zero-order valence-corrected chi connectivity index (χ0v) is 16.6. The van der Waals surface area contributed by atoms with Crippen molar-refractivity contribution in [1.82, 2.24) is 9.78 Å². The van der Waals surface area contributed by atoms with Crippen LogP contribution in [0.3, 0.4) is 0 Å². The molecule has 2 heterocycles. The van der Waals surface area contributed by atoms with Gasteiger partial charge in [-0.15, -0.1) is 11.8 Å². The maximum atomic E-state index is 13.0. The molecule has 7 nitrogen and oxygen atoms in total. The lowest BCUT2D eigenvalue weighted by atomic mass is 9.97. The van der Waals surface area contributed by atoms with E-state index in [2.05, 4.69) is 5.10 Å². The lowest BCUT2D eigenvalue weighted by molar-refractivity contribution is -0.141. The van der Waals surface area contributed by atoms with E-state index in [1.165, 1.54) is 41.8 Å². The third-order valence-corrected chi connectivity index (χ3v) is 5.36. The van der Waals surface area contributed by atoms with Gasteiger partial charge in [0.05, 0.1) is 25.2 Å². The molecular weight excluding hydrogens is 399 g/mol. The summed E-state index contributed by atoms with van der Waals surface area (Å²) < 4.78 is 25.2. The van der Waals surface area contributed by atoms with Crippen LogP contribution < -0.4 is 5.43 Å². The molecule has 29 heavy (non-hydrogen) atoms. The minimum atomic E-state index is -0.751. The topological polar surface area (TPSA) is 94.6 Å². The van der Waals surface area contributed by atoms with Gasteiger partial charge < -0.3 is 14.3 Å². The van der Waals surface area contributed by atoms with Crippen molar-refractivity contribution in [2.24, 2.45) is 7.05 Å². The van der Waals surface area contributed by atoms with Crippen molar-refractivity contribution in [3.05, 3.63) is 75.9 Å². The minimum absolute atomic E-state index is 0.0267. The Morgan fingerprint density at radius 3 is 2.69 bits per heavy atom. The molecule has 152 valence electrons. The van der Waals surface area contributed by atoms with Gasteiger partial charge in [-0.2, -0.15) is 5.10 Å². The van der Waals surface area contributed by atoms with E-state index < -0.39 is 23.1 Å². The van der Waals surface area contributed by atoms with E-state index in [9.17, 15) is 19.1 Å². The van der Waals surface area contributed by atoms with Gasteiger partial charge in [0.25, 0.3) is 0 Å². The number of ether oxygens (including phenoxy) is 1. The number of thioether (sulfide) groups is 1. The molecule has 0 spiro atoms. The van der Waals surface area contributed by atoms with E-state index in [1.54, 1.807) is 31.4 Å². The summed E-state index contributed by atoms with van der Waals surface area (Å²) in [5.41, 5.74) is -0.0322. The molecule has 0 amide bonds. The predicted molar refractivity (Wildman–Crippen MR) is 104 cm³/mol. The van der Waals surface area contributed by atoms with Crippen LogP contribution in [0.1, 0.15) is 29.6 Å². The number of esters is 1. The van der Waals surface area contributed by atoms with Crippen molar-refractivity contribution in [2.45, 2.75) is 23.0 Å². The Bertz CT molecular complexity index is 1060. The Hall–Kier alpha value is -3.07. The van der Waals surface area contributed by atoms with Crippen LogP contribution in [0.25, 0.3) is 0 Å². The highest BCUT2D eigenvalue weighted by molar-refractivity contribution is 7.98. The number of halogens is 1. The molecule has 0 saturated carbocycles. The number of rotatable bonds is 7. The lowest BCUT2D eigenvalue weighted by Crippen LogP contribution is -2.16. The van der Waals surface area contributed by atoms with Crippen LogP contribution in [0.5, 0.6) is 5.75 Å². The molecule has 0 fully saturated rings. The summed E-state index contributed by atoms with van der Waals surface area (Å²) >= 11 is 1.35. The standard InChI is InChI=1S/C20H19FN2O5S/c1-23-16(7-8-22-23)15(10-18(25)27-2)20-19(26)17(24)9-13(28-20)11-29-14-5-3-12(21)4-6-14/h3-9,15,26H,10-11H2,1-2H3. The van der Waals surface area contributed by atoms with Crippen LogP contribution in [0.15, 0.2) is 56.7 Å². The van der Waals surface area contributed by atoms with Gasteiger partial charge in [0, 0.05) is 29.9 Å². The first-order valence-electron chi connectivity index (χ1n) is 8.68. The minimum Gasteiger partial charge on any atom is -0.502 e. The first-order chi connectivity index (χ1) is 13.9. The fourth-order valence-electron chi connectivity index (χ4n) is 2.86. The zero-order chi connectivity index (χ0) is 21.0. The van der Waals surface area contributed by atoms with Gasteiger partial charge in [-0.25, -0.2) is 4.39 Å². The van der Waals surface area contributed by atoms with Crippen molar-refractivity contribution in [3.8, 4) is 5.75 Å². The second kappa shape index (κ2) is 8.95. The molecule has 3 rings (SSSR count). The molecule has 1 aromatic carbocycles. The van der Waals surface area contributed by atoms with Gasteiger partial charge in [-0.3, -0.25) is 14.3 Å². The zero-order valence-electron chi connectivity index (χ0n) is 15.8. The summed E-state index contributed by atoms with van der Waals surface area (Å²) in [5, 5.41) is 14.4. The van der Waals surface area contributed by atoms with Crippen LogP contribution in [0.4, 0.5) is 4.39 Å². The molecule has 0 bridgehead atoms. The number of aromatic nitrogens is 2. The average molecular weight is 418 g/mol. The number of aryl methyl sites for hydroxylation is 1. The number of hydrogen-bond acceptors (Lipinski definition) is 7. The van der Waals surface area contributed by atoms with Crippen molar-refractivity contribution >= 4 is 17.7 Å². The molecule has 0 aliphatic carbocycles. The molecule has 3 aromatic rings. The predicted octanol–water partition coefficient (Wildman–Crippen LogP) is 3.21. The highest BCUT2D eigenvalue weighted by Gasteiger charge is 2.28. The first kappa shape index (κ1) is 20.7. The fourth-order valence-corrected chi connectivity index (χ4v) is 3.63. The Morgan fingerprint density at radius 2 is 2.07 bits per heavy atom. The molecular formula is C20H19FN2O5S. The maximum absolute atomic E-state index is 13.0. The molecule has 1 unspecified atom stereocenters. The Kier molecular flexibility index (Phi) is 6.38. The first-order valence-corrected chi connectivity index (χ1v) is 9.66. The van der Waals surface area contributed by atoms with Crippen molar-refractivity contribution < 1.29 is 23.4 Å². The van der Waals surface area contributed by atoms with E-state index in [0.29, 0.717) is 11.5 Å². The number of methoxy groups -OCH3 is 1. The highest BCUT2D eigenvalue weighted by Crippen LogP contribution is 2.34. The van der Waals surface area contributed by atoms with E-state index in [4.69, 9.17) is 9.15 Å². The second-order valence-corrected chi connectivity index (χ2v) is 7.29. The molecule has 0 radical (unpaired) electrons. The number of benzene rings is 1. The molecule has 2 aromatic heterocycles. The third kappa shape index (κ3) is 4.86. The molecule has 1 atom stereocenters. The summed E-state index contributed by atoms with van der Waals surface area (Å²) in [4.78, 5) is 25.0. The quantitative estimate of drug-likeness (QED) is 0.465. The van der Waals surface area contributed by atoms with Crippen molar-refractivity contribution in [3.63, 3.8) is 0 Å². The normalized spacial score (nSPS) is 12.0. The van der Waals surface area contributed by atoms with Crippen molar-refractivity contribution in [1.29, 1.82) is 0 Å². The second-order valence-electron chi connectivity index (χ2n) is 6.24. The summed E-state index contributed by atoms with van der Waals surface area (Å²) in [6.07, 6.45) is 1.41. The number of carbonyl (C=O) groups is 1. The lowest BCUT2D eigenvalue weighted by Gasteiger charge is -2.17. The maximum Gasteiger partial charge on any atom is 0.306 e. The van der Waals surface area contributed by atoms with Crippen LogP contribution in [0, 0.1) is 5.82 Å². The van der Waals surface area contributed by atoms with Crippen LogP contribution in [-0.2, 0) is 22.3 Å². The molecule has 0 aliphatic rings. The smallest absolute Gasteiger partial charge is 0.306 e. The van der Waals surface area contributed by atoms with Gasteiger partial charge in [0.1, 0.15) is 11.6 Å². The summed E-state index contributed by atoms with van der Waals surface area (Å²) in [7, 11) is 2.94. The Balaban J connectivity index is 1.95. The summed E-state index contributed by atoms with van der Waals surface area (Å²) in [5.74, 6) is -1.60. The number of hydrogen-bond donors (Lipinski definition) is 1. The summed E-state index contributed by atoms with van der Waals surface area (Å²) in [6.45, 7) is 0. The molecule has 0 saturated heterocycles.